The van der Waals surface area contributed by atoms with E-state index in [9.17, 15) is 0 Å². The molecule has 19 heavy (non-hydrogen) atoms. The summed E-state index contributed by atoms with van der Waals surface area (Å²) in [5, 5.41) is 1.14. The molecule has 0 aliphatic carbocycles. The average Bonchev–Trinajstić information content (AvgIpc) is 2.48. The maximum absolute atomic E-state index is 6.20. The molecule has 0 saturated heterocycles. The molecule has 3 rings (SSSR count). The number of fused-ring (bicyclic) bond motifs is 1. The first-order chi connectivity index (χ1) is 9.34. The zero-order chi connectivity index (χ0) is 13.1. The first-order valence-electron chi connectivity index (χ1n) is 6.19. The van der Waals surface area contributed by atoms with Gasteiger partial charge in [-0.25, -0.2) is 0 Å². The lowest BCUT2D eigenvalue weighted by molar-refractivity contribution is 0.694. The molecule has 0 radical (unpaired) electrons. The second-order valence-corrected chi connectivity index (χ2v) is 4.43. The Morgan fingerprint density at radius 2 is 1.89 bits per heavy atom. The zero-order valence-electron chi connectivity index (χ0n) is 10.4. The van der Waals surface area contributed by atoms with Crippen LogP contribution in [-0.2, 0) is 6.42 Å². The number of hydrogen-bond donors (Lipinski definition) is 1. The van der Waals surface area contributed by atoms with E-state index in [-0.39, 0.29) is 6.04 Å². The Morgan fingerprint density at radius 1 is 1.00 bits per heavy atom. The average molecular weight is 250 g/mol. The fraction of sp³-hybridized carbons (Fsp3) is 0.133. The third kappa shape index (κ3) is 2.44. The Hall–Kier alpha value is -2.33. The molecule has 0 aliphatic rings. The maximum Gasteiger partial charge on any atom is 0.0757 e. The highest BCUT2D eigenvalue weighted by Crippen LogP contribution is 2.20. The van der Waals surface area contributed by atoms with E-state index in [1.807, 2.05) is 30.5 Å². The number of aromatic nitrogens is 3. The first kappa shape index (κ1) is 11.7. The molecule has 4 nitrogen and oxygen atoms in total. The van der Waals surface area contributed by atoms with Gasteiger partial charge in [0.25, 0.3) is 0 Å². The predicted octanol–water partition coefficient (Wildman–Crippen LogP) is 2.27. The summed E-state index contributed by atoms with van der Waals surface area (Å²) in [4.78, 5) is 12.7. The Labute approximate surface area is 111 Å². The van der Waals surface area contributed by atoms with Gasteiger partial charge in [0.2, 0.25) is 0 Å². The molecule has 2 aromatic heterocycles. The molecule has 0 saturated carbocycles. The van der Waals surface area contributed by atoms with E-state index in [2.05, 4.69) is 21.0 Å². The van der Waals surface area contributed by atoms with E-state index >= 15 is 0 Å². The van der Waals surface area contributed by atoms with Crippen LogP contribution < -0.4 is 5.73 Å². The van der Waals surface area contributed by atoms with Crippen LogP contribution >= 0.6 is 0 Å². The number of nitrogens with zero attached hydrogens (tertiary/aromatic N) is 3. The topological polar surface area (TPSA) is 64.7 Å². The Kier molecular flexibility index (Phi) is 3.16. The van der Waals surface area contributed by atoms with E-state index < -0.39 is 0 Å². The molecule has 0 bridgehead atoms. The SMILES string of the molecule is NC(Cc1ccnc2ccccc12)c1cnccn1. The van der Waals surface area contributed by atoms with Gasteiger partial charge in [-0.05, 0) is 24.1 Å². The van der Waals surface area contributed by atoms with Crippen LogP contribution in [0.4, 0.5) is 0 Å². The van der Waals surface area contributed by atoms with Gasteiger partial charge in [0.15, 0.2) is 0 Å². The third-order valence-electron chi connectivity index (χ3n) is 3.14. The minimum Gasteiger partial charge on any atom is -0.322 e. The van der Waals surface area contributed by atoms with Crippen LogP contribution in [0.2, 0.25) is 0 Å². The highest BCUT2D eigenvalue weighted by molar-refractivity contribution is 5.81. The standard InChI is InChI=1S/C15H14N4/c16-13(15-10-17-7-8-19-15)9-11-5-6-18-14-4-2-1-3-12(11)14/h1-8,10,13H,9,16H2. The maximum atomic E-state index is 6.20. The molecule has 4 heteroatoms. The molecular weight excluding hydrogens is 236 g/mol. The highest BCUT2D eigenvalue weighted by Gasteiger charge is 2.10. The van der Waals surface area contributed by atoms with Crippen LogP contribution in [-0.4, -0.2) is 15.0 Å². The van der Waals surface area contributed by atoms with Gasteiger partial charge in [0.1, 0.15) is 0 Å². The monoisotopic (exact) mass is 250 g/mol. The highest BCUT2D eigenvalue weighted by atomic mass is 14.8. The van der Waals surface area contributed by atoms with Crippen molar-refractivity contribution in [2.45, 2.75) is 12.5 Å². The van der Waals surface area contributed by atoms with Gasteiger partial charge in [0.05, 0.1) is 17.3 Å². The Balaban J connectivity index is 1.94. The smallest absolute Gasteiger partial charge is 0.0757 e. The second-order valence-electron chi connectivity index (χ2n) is 4.43. The summed E-state index contributed by atoms with van der Waals surface area (Å²) in [5.74, 6) is 0. The van der Waals surface area contributed by atoms with Crippen molar-refractivity contribution in [3.8, 4) is 0 Å². The van der Waals surface area contributed by atoms with Crippen molar-refractivity contribution >= 4 is 10.9 Å². The Morgan fingerprint density at radius 3 is 2.74 bits per heavy atom. The largest absolute Gasteiger partial charge is 0.322 e. The van der Waals surface area contributed by atoms with Gasteiger partial charge in [-0.15, -0.1) is 0 Å². The van der Waals surface area contributed by atoms with Crippen LogP contribution in [0.3, 0.4) is 0 Å². The van der Waals surface area contributed by atoms with E-state index in [1.54, 1.807) is 18.6 Å². The van der Waals surface area contributed by atoms with Gasteiger partial charge in [-0.3, -0.25) is 15.0 Å². The van der Waals surface area contributed by atoms with Crippen molar-refractivity contribution in [3.05, 3.63) is 66.4 Å². The van der Waals surface area contributed by atoms with E-state index in [0.717, 1.165) is 23.0 Å². The molecule has 3 aromatic rings. The van der Waals surface area contributed by atoms with Gasteiger partial charge in [0, 0.05) is 30.2 Å². The van der Waals surface area contributed by atoms with Crippen molar-refractivity contribution < 1.29 is 0 Å². The summed E-state index contributed by atoms with van der Waals surface area (Å²) < 4.78 is 0. The van der Waals surface area contributed by atoms with E-state index in [4.69, 9.17) is 5.73 Å². The lowest BCUT2D eigenvalue weighted by Crippen LogP contribution is -2.15. The van der Waals surface area contributed by atoms with Crippen molar-refractivity contribution in [3.63, 3.8) is 0 Å². The fourth-order valence-electron chi connectivity index (χ4n) is 2.18. The predicted molar refractivity (Wildman–Crippen MR) is 74.4 cm³/mol. The number of nitrogens with two attached hydrogens (primary N) is 1. The van der Waals surface area contributed by atoms with Gasteiger partial charge < -0.3 is 5.73 Å². The lowest BCUT2D eigenvalue weighted by atomic mass is 10.0. The molecule has 2 N–H and O–H groups in total. The molecule has 0 spiro atoms. The number of benzene rings is 1. The summed E-state index contributed by atoms with van der Waals surface area (Å²) in [6.45, 7) is 0. The number of rotatable bonds is 3. The van der Waals surface area contributed by atoms with Gasteiger partial charge in [-0.1, -0.05) is 18.2 Å². The minimum absolute atomic E-state index is 0.153. The fourth-order valence-corrected chi connectivity index (χ4v) is 2.18. The molecule has 0 aliphatic heterocycles. The summed E-state index contributed by atoms with van der Waals surface area (Å²) in [6, 6.07) is 9.94. The van der Waals surface area contributed by atoms with Crippen molar-refractivity contribution in [1.82, 2.24) is 15.0 Å². The van der Waals surface area contributed by atoms with E-state index in [0.29, 0.717) is 0 Å². The van der Waals surface area contributed by atoms with E-state index in [1.165, 1.54) is 5.56 Å². The first-order valence-corrected chi connectivity index (χ1v) is 6.19. The second kappa shape index (κ2) is 5.12. The number of hydrogen-bond acceptors (Lipinski definition) is 4. The van der Waals surface area contributed by atoms with Gasteiger partial charge >= 0.3 is 0 Å². The Bertz CT molecular complexity index is 677. The van der Waals surface area contributed by atoms with Crippen molar-refractivity contribution in [2.75, 3.05) is 0 Å². The molecule has 94 valence electrons. The molecule has 0 fully saturated rings. The summed E-state index contributed by atoms with van der Waals surface area (Å²) in [7, 11) is 0. The van der Waals surface area contributed by atoms with Crippen molar-refractivity contribution in [1.29, 1.82) is 0 Å². The van der Waals surface area contributed by atoms with Crippen molar-refractivity contribution in [2.24, 2.45) is 5.73 Å². The minimum atomic E-state index is -0.153. The van der Waals surface area contributed by atoms with Crippen LogP contribution in [0.5, 0.6) is 0 Å². The van der Waals surface area contributed by atoms with Crippen LogP contribution in [0.1, 0.15) is 17.3 Å². The van der Waals surface area contributed by atoms with Crippen LogP contribution in [0.25, 0.3) is 10.9 Å². The zero-order valence-corrected chi connectivity index (χ0v) is 10.4. The molecule has 1 aromatic carbocycles. The number of para-hydroxylation sites is 1. The van der Waals surface area contributed by atoms with Gasteiger partial charge in [-0.2, -0.15) is 0 Å². The molecule has 1 unspecified atom stereocenters. The van der Waals surface area contributed by atoms with Crippen LogP contribution in [0, 0.1) is 0 Å². The quantitative estimate of drug-likeness (QED) is 0.774. The molecular formula is C15H14N4. The molecule has 1 atom stereocenters. The summed E-state index contributed by atoms with van der Waals surface area (Å²) in [6.07, 6.45) is 7.58. The summed E-state index contributed by atoms with van der Waals surface area (Å²) >= 11 is 0. The molecule has 2 heterocycles. The normalized spacial score (nSPS) is 12.5. The third-order valence-corrected chi connectivity index (χ3v) is 3.14. The molecule has 0 amide bonds. The lowest BCUT2D eigenvalue weighted by Gasteiger charge is -2.12. The van der Waals surface area contributed by atoms with Crippen LogP contribution in [0.15, 0.2) is 55.1 Å². The summed E-state index contributed by atoms with van der Waals surface area (Å²) in [5.41, 5.74) is 9.18. The number of pyridine rings is 1.